The Balaban J connectivity index is 2.49. The van der Waals surface area contributed by atoms with E-state index in [4.69, 9.17) is 9.84 Å². The maximum Gasteiger partial charge on any atom is 0.410 e. The SMILES string of the molecule is CC(C)COC(=O)N1C(C)CCC1CO. The Morgan fingerprint density at radius 1 is 1.53 bits per heavy atom. The molecule has 0 aliphatic carbocycles. The molecule has 4 heteroatoms. The third kappa shape index (κ3) is 3.09. The van der Waals surface area contributed by atoms with E-state index in [-0.39, 0.29) is 24.8 Å². The van der Waals surface area contributed by atoms with Crippen molar-refractivity contribution in [3.8, 4) is 0 Å². The zero-order valence-electron chi connectivity index (χ0n) is 9.77. The molecule has 2 unspecified atom stereocenters. The number of hydrogen-bond acceptors (Lipinski definition) is 3. The fraction of sp³-hybridized carbons (Fsp3) is 0.909. The quantitative estimate of drug-likeness (QED) is 0.778. The lowest BCUT2D eigenvalue weighted by molar-refractivity contribution is 0.0651. The summed E-state index contributed by atoms with van der Waals surface area (Å²) in [4.78, 5) is 13.4. The summed E-state index contributed by atoms with van der Waals surface area (Å²) in [5.41, 5.74) is 0. The van der Waals surface area contributed by atoms with E-state index in [2.05, 4.69) is 0 Å². The number of nitrogens with zero attached hydrogens (tertiary/aromatic N) is 1. The summed E-state index contributed by atoms with van der Waals surface area (Å²) in [6.07, 6.45) is 1.53. The van der Waals surface area contributed by atoms with Crippen LogP contribution in [-0.4, -0.2) is 41.4 Å². The number of carbonyl (C=O) groups is 1. The molecule has 0 aromatic rings. The van der Waals surface area contributed by atoms with Crippen LogP contribution in [-0.2, 0) is 4.74 Å². The zero-order chi connectivity index (χ0) is 11.4. The van der Waals surface area contributed by atoms with Gasteiger partial charge in [0.25, 0.3) is 0 Å². The van der Waals surface area contributed by atoms with Crippen molar-refractivity contribution in [1.29, 1.82) is 0 Å². The highest BCUT2D eigenvalue weighted by Gasteiger charge is 2.34. The Bertz CT molecular complexity index is 218. The van der Waals surface area contributed by atoms with Crippen molar-refractivity contribution in [2.45, 2.75) is 45.7 Å². The molecule has 88 valence electrons. The molecule has 1 N–H and O–H groups in total. The Morgan fingerprint density at radius 3 is 2.73 bits per heavy atom. The van der Waals surface area contributed by atoms with Gasteiger partial charge in [-0.1, -0.05) is 13.8 Å². The molecule has 1 aliphatic heterocycles. The lowest BCUT2D eigenvalue weighted by Gasteiger charge is -2.26. The molecule has 1 fully saturated rings. The van der Waals surface area contributed by atoms with Crippen molar-refractivity contribution in [1.82, 2.24) is 4.90 Å². The van der Waals surface area contributed by atoms with Gasteiger partial charge in [0.2, 0.25) is 0 Å². The van der Waals surface area contributed by atoms with Crippen LogP contribution in [0.25, 0.3) is 0 Å². The Labute approximate surface area is 91.2 Å². The lowest BCUT2D eigenvalue weighted by atomic mass is 10.2. The van der Waals surface area contributed by atoms with Crippen LogP contribution in [0.4, 0.5) is 4.79 Å². The highest BCUT2D eigenvalue weighted by molar-refractivity contribution is 5.68. The standard InChI is InChI=1S/C11H21NO3/c1-8(2)7-15-11(14)12-9(3)4-5-10(12)6-13/h8-10,13H,4-7H2,1-3H3. The molecular formula is C11H21NO3. The van der Waals surface area contributed by atoms with E-state index < -0.39 is 0 Å². The summed E-state index contributed by atoms with van der Waals surface area (Å²) in [6, 6.07) is 0.126. The van der Waals surface area contributed by atoms with Gasteiger partial charge in [-0.25, -0.2) is 4.79 Å². The first-order chi connectivity index (χ1) is 7.06. The summed E-state index contributed by atoms with van der Waals surface area (Å²) < 4.78 is 5.17. The fourth-order valence-electron chi connectivity index (χ4n) is 1.89. The second-order valence-corrected chi connectivity index (χ2v) is 4.64. The molecule has 0 saturated carbocycles. The molecule has 0 aromatic heterocycles. The molecule has 15 heavy (non-hydrogen) atoms. The minimum Gasteiger partial charge on any atom is -0.449 e. The molecular weight excluding hydrogens is 194 g/mol. The van der Waals surface area contributed by atoms with Crippen molar-refractivity contribution in [2.24, 2.45) is 5.92 Å². The number of likely N-dealkylation sites (tertiary alicyclic amines) is 1. The number of hydrogen-bond donors (Lipinski definition) is 1. The molecule has 0 bridgehead atoms. The zero-order valence-corrected chi connectivity index (χ0v) is 9.77. The lowest BCUT2D eigenvalue weighted by Crippen LogP contribution is -2.42. The minimum absolute atomic E-state index is 0.0289. The Morgan fingerprint density at radius 2 is 2.20 bits per heavy atom. The van der Waals surface area contributed by atoms with Crippen LogP contribution >= 0.6 is 0 Å². The first-order valence-electron chi connectivity index (χ1n) is 5.62. The van der Waals surface area contributed by atoms with E-state index in [1.807, 2.05) is 20.8 Å². The monoisotopic (exact) mass is 215 g/mol. The van der Waals surface area contributed by atoms with Gasteiger partial charge in [0.15, 0.2) is 0 Å². The number of amides is 1. The largest absolute Gasteiger partial charge is 0.449 e. The number of aliphatic hydroxyl groups is 1. The molecule has 4 nitrogen and oxygen atoms in total. The number of ether oxygens (including phenoxy) is 1. The van der Waals surface area contributed by atoms with Gasteiger partial charge in [0.1, 0.15) is 0 Å². The Hall–Kier alpha value is -0.770. The third-order valence-corrected chi connectivity index (χ3v) is 2.75. The molecule has 1 saturated heterocycles. The minimum atomic E-state index is -0.284. The van der Waals surface area contributed by atoms with E-state index >= 15 is 0 Å². The van der Waals surface area contributed by atoms with Crippen molar-refractivity contribution in [3.05, 3.63) is 0 Å². The maximum atomic E-state index is 11.7. The van der Waals surface area contributed by atoms with Crippen LogP contribution in [0.1, 0.15) is 33.6 Å². The molecule has 2 atom stereocenters. The van der Waals surface area contributed by atoms with Gasteiger partial charge >= 0.3 is 6.09 Å². The molecule has 1 heterocycles. The summed E-state index contributed by atoms with van der Waals surface area (Å²) in [6.45, 7) is 6.47. The average Bonchev–Trinajstić information content (AvgIpc) is 2.56. The Kier molecular flexibility index (Phi) is 4.39. The van der Waals surface area contributed by atoms with Gasteiger partial charge in [-0.05, 0) is 25.7 Å². The van der Waals surface area contributed by atoms with Crippen LogP contribution in [0.2, 0.25) is 0 Å². The van der Waals surface area contributed by atoms with E-state index in [1.54, 1.807) is 4.90 Å². The number of aliphatic hydroxyl groups excluding tert-OH is 1. The fourth-order valence-corrected chi connectivity index (χ4v) is 1.89. The van der Waals surface area contributed by atoms with E-state index in [1.165, 1.54) is 0 Å². The summed E-state index contributed by atoms with van der Waals surface area (Å²) in [5, 5.41) is 9.13. The molecule has 1 aliphatic rings. The molecule has 0 spiro atoms. The van der Waals surface area contributed by atoms with Crippen LogP contribution in [0.5, 0.6) is 0 Å². The second kappa shape index (κ2) is 5.35. The van der Waals surface area contributed by atoms with Gasteiger partial charge in [-0.15, -0.1) is 0 Å². The highest BCUT2D eigenvalue weighted by Crippen LogP contribution is 2.24. The molecule has 0 radical (unpaired) electrons. The molecule has 1 rings (SSSR count). The van der Waals surface area contributed by atoms with Crippen LogP contribution in [0.15, 0.2) is 0 Å². The van der Waals surface area contributed by atoms with Crippen LogP contribution < -0.4 is 0 Å². The number of carbonyl (C=O) groups excluding carboxylic acids is 1. The second-order valence-electron chi connectivity index (χ2n) is 4.64. The van der Waals surface area contributed by atoms with Gasteiger partial charge in [0, 0.05) is 6.04 Å². The molecule has 0 aromatic carbocycles. The predicted octanol–water partition coefficient (Wildman–Crippen LogP) is 1.62. The smallest absolute Gasteiger partial charge is 0.410 e. The summed E-state index contributed by atoms with van der Waals surface area (Å²) in [7, 11) is 0. The van der Waals surface area contributed by atoms with Crippen molar-refractivity contribution in [3.63, 3.8) is 0 Å². The van der Waals surface area contributed by atoms with Crippen molar-refractivity contribution < 1.29 is 14.6 Å². The predicted molar refractivity (Wildman–Crippen MR) is 57.6 cm³/mol. The maximum absolute atomic E-state index is 11.7. The van der Waals surface area contributed by atoms with E-state index in [0.29, 0.717) is 12.5 Å². The topological polar surface area (TPSA) is 49.8 Å². The van der Waals surface area contributed by atoms with Crippen molar-refractivity contribution in [2.75, 3.05) is 13.2 Å². The van der Waals surface area contributed by atoms with Gasteiger partial charge < -0.3 is 14.7 Å². The first-order valence-corrected chi connectivity index (χ1v) is 5.62. The highest BCUT2D eigenvalue weighted by atomic mass is 16.6. The number of rotatable bonds is 3. The van der Waals surface area contributed by atoms with Crippen molar-refractivity contribution >= 4 is 6.09 Å². The summed E-state index contributed by atoms with van der Waals surface area (Å²) in [5.74, 6) is 0.347. The first kappa shape index (κ1) is 12.3. The normalized spacial score (nSPS) is 26.1. The molecule has 1 amide bonds. The van der Waals surface area contributed by atoms with E-state index in [0.717, 1.165) is 12.8 Å². The van der Waals surface area contributed by atoms with Crippen LogP contribution in [0, 0.1) is 5.92 Å². The third-order valence-electron chi connectivity index (χ3n) is 2.75. The van der Waals surface area contributed by atoms with Gasteiger partial charge in [0.05, 0.1) is 19.3 Å². The average molecular weight is 215 g/mol. The summed E-state index contributed by atoms with van der Waals surface area (Å²) >= 11 is 0. The van der Waals surface area contributed by atoms with Crippen LogP contribution in [0.3, 0.4) is 0 Å². The van der Waals surface area contributed by atoms with Gasteiger partial charge in [-0.3, -0.25) is 0 Å². The van der Waals surface area contributed by atoms with E-state index in [9.17, 15) is 4.79 Å². The van der Waals surface area contributed by atoms with Gasteiger partial charge in [-0.2, -0.15) is 0 Å².